The first-order chi connectivity index (χ1) is 10.2. The summed E-state index contributed by atoms with van der Waals surface area (Å²) >= 11 is 0. The molecule has 0 heterocycles. The topological polar surface area (TPSA) is 66.4 Å². The van der Waals surface area contributed by atoms with Crippen molar-refractivity contribution in [2.45, 2.75) is 45.1 Å². The molecule has 0 N–H and O–H groups in total. The summed E-state index contributed by atoms with van der Waals surface area (Å²) in [5.41, 5.74) is 0. The van der Waals surface area contributed by atoms with Crippen molar-refractivity contribution < 1.29 is 23.9 Å². The SMILES string of the molecule is C/C=C/C=C/CCCCC(=O)OC(CC(=O)[O-])C[N+](C)(C)C. The Hall–Kier alpha value is -1.62. The first-order valence-corrected chi connectivity index (χ1v) is 7.72. The van der Waals surface area contributed by atoms with Gasteiger partial charge in [0.2, 0.25) is 0 Å². The summed E-state index contributed by atoms with van der Waals surface area (Å²) in [6.07, 6.45) is 9.95. The van der Waals surface area contributed by atoms with E-state index in [2.05, 4.69) is 6.08 Å². The molecule has 0 aromatic rings. The molecular weight excluding hydrogens is 282 g/mol. The number of carboxylic acids is 1. The van der Waals surface area contributed by atoms with Gasteiger partial charge in [0.15, 0.2) is 6.10 Å². The van der Waals surface area contributed by atoms with E-state index >= 15 is 0 Å². The molecule has 0 bridgehead atoms. The standard InChI is InChI=1S/C17H29NO4/c1-5-6-7-8-9-10-11-12-17(21)22-15(13-16(19)20)14-18(2,3)4/h5-8,15H,9-14H2,1-4H3/b6-5+,8-7+. The Labute approximate surface area is 133 Å². The third kappa shape index (κ3) is 13.4. The number of rotatable bonds is 11. The molecule has 0 aromatic heterocycles. The third-order valence-electron chi connectivity index (χ3n) is 2.89. The summed E-state index contributed by atoms with van der Waals surface area (Å²) in [6, 6.07) is 0. The second-order valence-corrected chi connectivity index (χ2v) is 6.36. The molecular formula is C17H29NO4. The van der Waals surface area contributed by atoms with E-state index in [9.17, 15) is 14.7 Å². The number of hydrogen-bond donors (Lipinski definition) is 0. The van der Waals surface area contributed by atoms with Gasteiger partial charge in [0.05, 0.1) is 21.1 Å². The summed E-state index contributed by atoms with van der Waals surface area (Å²) in [6.45, 7) is 2.41. The van der Waals surface area contributed by atoms with Gasteiger partial charge in [-0.25, -0.2) is 0 Å². The van der Waals surface area contributed by atoms with Gasteiger partial charge in [-0.15, -0.1) is 0 Å². The van der Waals surface area contributed by atoms with Crippen molar-refractivity contribution in [2.75, 3.05) is 27.7 Å². The van der Waals surface area contributed by atoms with E-state index in [0.29, 0.717) is 17.4 Å². The molecule has 1 atom stereocenters. The summed E-state index contributed by atoms with van der Waals surface area (Å²) < 4.78 is 5.81. The van der Waals surface area contributed by atoms with Crippen LogP contribution in [0.4, 0.5) is 0 Å². The van der Waals surface area contributed by atoms with Crippen molar-refractivity contribution in [3.05, 3.63) is 24.3 Å². The first kappa shape index (κ1) is 20.4. The molecule has 0 fully saturated rings. The second-order valence-electron chi connectivity index (χ2n) is 6.36. The van der Waals surface area contributed by atoms with Crippen molar-refractivity contribution >= 4 is 11.9 Å². The van der Waals surface area contributed by atoms with Crippen molar-refractivity contribution in [3.8, 4) is 0 Å². The lowest BCUT2D eigenvalue weighted by molar-refractivity contribution is -0.873. The quantitative estimate of drug-likeness (QED) is 0.251. The average Bonchev–Trinajstić information content (AvgIpc) is 2.34. The highest BCUT2D eigenvalue weighted by atomic mass is 16.5. The number of quaternary nitrogens is 1. The number of allylic oxidation sites excluding steroid dienone is 4. The van der Waals surface area contributed by atoms with Crippen LogP contribution in [0.1, 0.15) is 39.0 Å². The van der Waals surface area contributed by atoms with Crippen LogP contribution in [0.3, 0.4) is 0 Å². The molecule has 1 unspecified atom stereocenters. The minimum Gasteiger partial charge on any atom is -0.550 e. The van der Waals surface area contributed by atoms with Crippen molar-refractivity contribution in [2.24, 2.45) is 0 Å². The first-order valence-electron chi connectivity index (χ1n) is 7.72. The second kappa shape index (κ2) is 11.0. The Bertz CT molecular complexity index is 394. The smallest absolute Gasteiger partial charge is 0.306 e. The molecule has 0 amide bonds. The van der Waals surface area contributed by atoms with Crippen LogP contribution < -0.4 is 5.11 Å². The summed E-state index contributed by atoms with van der Waals surface area (Å²) in [5.74, 6) is -1.53. The molecule has 0 aromatic carbocycles. The Kier molecular flexibility index (Phi) is 10.2. The van der Waals surface area contributed by atoms with Crippen LogP contribution in [0, 0.1) is 0 Å². The summed E-state index contributed by atoms with van der Waals surface area (Å²) in [5, 5.41) is 10.7. The molecule has 0 aliphatic rings. The number of carbonyl (C=O) groups is 2. The molecule has 0 saturated carbocycles. The van der Waals surface area contributed by atoms with E-state index < -0.39 is 12.1 Å². The van der Waals surface area contributed by atoms with Crippen LogP contribution in [-0.4, -0.2) is 50.2 Å². The number of unbranched alkanes of at least 4 members (excludes halogenated alkanes) is 2. The molecule has 5 heteroatoms. The molecule has 126 valence electrons. The van der Waals surface area contributed by atoms with Gasteiger partial charge in [-0.3, -0.25) is 4.79 Å². The molecule has 0 aliphatic carbocycles. The van der Waals surface area contributed by atoms with Gasteiger partial charge in [-0.1, -0.05) is 24.3 Å². The molecule has 0 saturated heterocycles. The lowest BCUT2D eigenvalue weighted by Gasteiger charge is -2.29. The van der Waals surface area contributed by atoms with Crippen LogP contribution in [0.5, 0.6) is 0 Å². The monoisotopic (exact) mass is 311 g/mol. The number of nitrogens with zero attached hydrogens (tertiary/aromatic N) is 1. The Morgan fingerprint density at radius 2 is 1.86 bits per heavy atom. The fraction of sp³-hybridized carbons (Fsp3) is 0.647. The molecule has 5 nitrogen and oxygen atoms in total. The number of hydrogen-bond acceptors (Lipinski definition) is 4. The maximum Gasteiger partial charge on any atom is 0.306 e. The Morgan fingerprint density at radius 3 is 2.41 bits per heavy atom. The highest BCUT2D eigenvalue weighted by molar-refractivity contribution is 5.70. The highest BCUT2D eigenvalue weighted by Gasteiger charge is 2.22. The minimum absolute atomic E-state index is 0.257. The normalized spacial score (nSPS) is 13.6. The van der Waals surface area contributed by atoms with Crippen LogP contribution in [0.2, 0.25) is 0 Å². The van der Waals surface area contributed by atoms with Crippen LogP contribution >= 0.6 is 0 Å². The van der Waals surface area contributed by atoms with Gasteiger partial charge < -0.3 is 19.1 Å². The maximum absolute atomic E-state index is 11.8. The zero-order chi connectivity index (χ0) is 17.0. The lowest BCUT2D eigenvalue weighted by atomic mass is 10.2. The predicted octanol–water partition coefficient (Wildman–Crippen LogP) is 1.44. The highest BCUT2D eigenvalue weighted by Crippen LogP contribution is 2.08. The lowest BCUT2D eigenvalue weighted by Crippen LogP contribution is -2.45. The third-order valence-corrected chi connectivity index (χ3v) is 2.89. The van der Waals surface area contributed by atoms with E-state index in [1.807, 2.05) is 46.3 Å². The van der Waals surface area contributed by atoms with Gasteiger partial charge >= 0.3 is 5.97 Å². The van der Waals surface area contributed by atoms with Crippen LogP contribution in [0.25, 0.3) is 0 Å². The average molecular weight is 311 g/mol. The fourth-order valence-electron chi connectivity index (χ4n) is 2.00. The molecule has 0 radical (unpaired) electrons. The zero-order valence-corrected chi connectivity index (χ0v) is 14.2. The van der Waals surface area contributed by atoms with Crippen molar-refractivity contribution in [1.29, 1.82) is 0 Å². The van der Waals surface area contributed by atoms with Crippen LogP contribution in [-0.2, 0) is 14.3 Å². The maximum atomic E-state index is 11.8. The van der Waals surface area contributed by atoms with Gasteiger partial charge in [0.1, 0.15) is 6.54 Å². The zero-order valence-electron chi connectivity index (χ0n) is 14.2. The Morgan fingerprint density at radius 1 is 1.18 bits per heavy atom. The number of carbonyl (C=O) groups excluding carboxylic acids is 2. The molecule has 22 heavy (non-hydrogen) atoms. The van der Waals surface area contributed by atoms with E-state index in [4.69, 9.17) is 4.74 Å². The minimum atomic E-state index is -1.19. The van der Waals surface area contributed by atoms with E-state index in [0.717, 1.165) is 19.3 Å². The Balaban J connectivity index is 4.09. The summed E-state index contributed by atoms with van der Waals surface area (Å²) in [4.78, 5) is 22.5. The largest absolute Gasteiger partial charge is 0.550 e. The van der Waals surface area contributed by atoms with Gasteiger partial charge in [-0.05, 0) is 26.2 Å². The van der Waals surface area contributed by atoms with E-state index in [-0.39, 0.29) is 12.4 Å². The number of ether oxygens (including phenoxy) is 1. The number of likely N-dealkylation sites (N-methyl/N-ethyl adjacent to an activating group) is 1. The van der Waals surface area contributed by atoms with Gasteiger partial charge in [-0.2, -0.15) is 0 Å². The van der Waals surface area contributed by atoms with E-state index in [1.165, 1.54) is 0 Å². The molecule has 0 rings (SSSR count). The molecule has 0 spiro atoms. The fourth-order valence-corrected chi connectivity index (χ4v) is 2.00. The number of aliphatic carboxylic acids is 1. The van der Waals surface area contributed by atoms with Gasteiger partial charge in [0.25, 0.3) is 0 Å². The van der Waals surface area contributed by atoms with E-state index in [1.54, 1.807) is 0 Å². The van der Waals surface area contributed by atoms with Crippen LogP contribution in [0.15, 0.2) is 24.3 Å². The van der Waals surface area contributed by atoms with Gasteiger partial charge in [0, 0.05) is 18.8 Å². The van der Waals surface area contributed by atoms with Crippen molar-refractivity contribution in [1.82, 2.24) is 0 Å². The van der Waals surface area contributed by atoms with Crippen molar-refractivity contribution in [3.63, 3.8) is 0 Å². The molecule has 0 aliphatic heterocycles. The number of carboxylic acid groups (broad SMARTS) is 1. The number of esters is 1. The predicted molar refractivity (Wildman–Crippen MR) is 84.8 cm³/mol. The summed E-state index contributed by atoms with van der Waals surface area (Å²) in [7, 11) is 5.77.